The molecule has 1 N–H and O–H groups in total. The molecule has 0 radical (unpaired) electrons. The SMILES string of the molecule is CNC(=O)c1cccc(F)c1[N+](=O)[O-]. The Hall–Kier alpha value is -1.98. The molecule has 14 heavy (non-hydrogen) atoms. The minimum absolute atomic E-state index is 0.280. The van der Waals surface area contributed by atoms with Crippen LogP contribution in [0.1, 0.15) is 10.4 Å². The molecule has 0 fully saturated rings. The second kappa shape index (κ2) is 3.82. The van der Waals surface area contributed by atoms with Gasteiger partial charge in [-0.15, -0.1) is 0 Å². The summed E-state index contributed by atoms with van der Waals surface area (Å²) in [6, 6.07) is 3.37. The standard InChI is InChI=1S/C8H7FN2O3/c1-10-8(12)5-3-2-4-6(9)7(5)11(13)14/h2-4H,1H3,(H,10,12). The van der Waals surface area contributed by atoms with Gasteiger partial charge in [-0.2, -0.15) is 4.39 Å². The van der Waals surface area contributed by atoms with Crippen LogP contribution in [0.4, 0.5) is 10.1 Å². The van der Waals surface area contributed by atoms with Gasteiger partial charge < -0.3 is 5.32 Å². The summed E-state index contributed by atoms with van der Waals surface area (Å²) >= 11 is 0. The highest BCUT2D eigenvalue weighted by atomic mass is 19.1. The number of rotatable bonds is 2. The Morgan fingerprint density at radius 3 is 2.71 bits per heavy atom. The fourth-order valence-corrected chi connectivity index (χ4v) is 1.02. The summed E-state index contributed by atoms with van der Waals surface area (Å²) in [5.41, 5.74) is -1.08. The van der Waals surface area contributed by atoms with Gasteiger partial charge in [0.15, 0.2) is 0 Å². The maximum atomic E-state index is 13.0. The number of benzene rings is 1. The monoisotopic (exact) mass is 198 g/mol. The van der Waals surface area contributed by atoms with Gasteiger partial charge in [-0.3, -0.25) is 14.9 Å². The van der Waals surface area contributed by atoms with Crippen molar-refractivity contribution in [1.29, 1.82) is 0 Å². The van der Waals surface area contributed by atoms with E-state index in [0.717, 1.165) is 6.07 Å². The number of amides is 1. The molecule has 0 heterocycles. The van der Waals surface area contributed by atoms with Gasteiger partial charge in [0.05, 0.1) is 4.92 Å². The molecule has 0 aliphatic heterocycles. The van der Waals surface area contributed by atoms with Crippen molar-refractivity contribution >= 4 is 11.6 Å². The summed E-state index contributed by atoms with van der Waals surface area (Å²) in [4.78, 5) is 20.6. The molecule has 0 aliphatic rings. The molecule has 0 atom stereocenters. The maximum Gasteiger partial charge on any atom is 0.317 e. The number of para-hydroxylation sites is 1. The highest BCUT2D eigenvalue weighted by Crippen LogP contribution is 2.21. The minimum Gasteiger partial charge on any atom is -0.355 e. The zero-order valence-corrected chi connectivity index (χ0v) is 7.28. The molecule has 1 amide bonds. The van der Waals surface area contributed by atoms with Crippen molar-refractivity contribution in [3.63, 3.8) is 0 Å². The highest BCUT2D eigenvalue weighted by molar-refractivity contribution is 5.97. The Kier molecular flexibility index (Phi) is 2.76. The van der Waals surface area contributed by atoms with Crippen LogP contribution >= 0.6 is 0 Å². The lowest BCUT2D eigenvalue weighted by Gasteiger charge is -2.01. The number of nitrogens with one attached hydrogen (secondary N) is 1. The predicted octanol–water partition coefficient (Wildman–Crippen LogP) is 1.09. The Morgan fingerprint density at radius 2 is 2.21 bits per heavy atom. The Balaban J connectivity index is 3.35. The largest absolute Gasteiger partial charge is 0.355 e. The maximum absolute atomic E-state index is 13.0. The molecule has 0 aliphatic carbocycles. The highest BCUT2D eigenvalue weighted by Gasteiger charge is 2.23. The Bertz CT molecular complexity index is 392. The molecule has 0 saturated heterocycles. The van der Waals surface area contributed by atoms with Gasteiger partial charge in [0.1, 0.15) is 5.56 Å². The fraction of sp³-hybridized carbons (Fsp3) is 0.125. The van der Waals surface area contributed by atoms with E-state index >= 15 is 0 Å². The molecule has 6 heteroatoms. The Labute approximate surface area is 78.7 Å². The van der Waals surface area contributed by atoms with Crippen LogP contribution in [-0.2, 0) is 0 Å². The van der Waals surface area contributed by atoms with Gasteiger partial charge in [-0.25, -0.2) is 0 Å². The third kappa shape index (κ3) is 1.68. The van der Waals surface area contributed by atoms with Gasteiger partial charge in [0.2, 0.25) is 5.82 Å². The van der Waals surface area contributed by atoms with Crippen molar-refractivity contribution in [2.45, 2.75) is 0 Å². The molecule has 1 rings (SSSR count). The van der Waals surface area contributed by atoms with Crippen molar-refractivity contribution in [3.8, 4) is 0 Å². The van der Waals surface area contributed by atoms with E-state index in [4.69, 9.17) is 0 Å². The Morgan fingerprint density at radius 1 is 1.57 bits per heavy atom. The number of carbonyl (C=O) groups excluding carboxylic acids is 1. The summed E-state index contributed by atoms with van der Waals surface area (Å²) in [6.45, 7) is 0. The molecular formula is C8H7FN2O3. The van der Waals surface area contributed by atoms with Gasteiger partial charge in [0, 0.05) is 7.05 Å². The van der Waals surface area contributed by atoms with E-state index in [-0.39, 0.29) is 5.56 Å². The van der Waals surface area contributed by atoms with Crippen LogP contribution in [0.2, 0.25) is 0 Å². The normalized spacial score (nSPS) is 9.57. The van der Waals surface area contributed by atoms with E-state index in [1.54, 1.807) is 0 Å². The van der Waals surface area contributed by atoms with Crippen molar-refractivity contribution in [2.24, 2.45) is 0 Å². The first-order valence-electron chi connectivity index (χ1n) is 3.73. The van der Waals surface area contributed by atoms with Crippen LogP contribution < -0.4 is 5.32 Å². The lowest BCUT2D eigenvalue weighted by atomic mass is 10.1. The first-order valence-corrected chi connectivity index (χ1v) is 3.73. The fourth-order valence-electron chi connectivity index (χ4n) is 1.02. The van der Waals surface area contributed by atoms with Crippen LogP contribution in [0.3, 0.4) is 0 Å². The smallest absolute Gasteiger partial charge is 0.317 e. The number of carbonyl (C=O) groups is 1. The van der Waals surface area contributed by atoms with Crippen molar-refractivity contribution in [1.82, 2.24) is 5.32 Å². The number of nitro benzene ring substituents is 1. The number of nitro groups is 1. The molecule has 0 spiro atoms. The predicted molar refractivity (Wildman–Crippen MR) is 46.4 cm³/mol. The summed E-state index contributed by atoms with van der Waals surface area (Å²) < 4.78 is 13.0. The molecule has 0 aromatic heterocycles. The number of hydrogen-bond donors (Lipinski definition) is 1. The van der Waals surface area contributed by atoms with Crippen molar-refractivity contribution in [2.75, 3.05) is 7.05 Å². The molecule has 0 saturated carbocycles. The van der Waals surface area contributed by atoms with Crippen molar-refractivity contribution < 1.29 is 14.1 Å². The van der Waals surface area contributed by atoms with Crippen molar-refractivity contribution in [3.05, 3.63) is 39.7 Å². The van der Waals surface area contributed by atoms with E-state index < -0.39 is 22.3 Å². The molecule has 1 aromatic rings. The second-order valence-electron chi connectivity index (χ2n) is 2.47. The molecule has 0 unspecified atom stereocenters. The molecular weight excluding hydrogens is 191 g/mol. The molecule has 1 aromatic carbocycles. The quantitative estimate of drug-likeness (QED) is 0.571. The van der Waals surface area contributed by atoms with E-state index in [2.05, 4.69) is 5.32 Å². The number of hydrogen-bond acceptors (Lipinski definition) is 3. The van der Waals surface area contributed by atoms with Gasteiger partial charge >= 0.3 is 5.69 Å². The lowest BCUT2D eigenvalue weighted by Crippen LogP contribution is -2.19. The minimum atomic E-state index is -1.02. The van der Waals surface area contributed by atoms with Crippen LogP contribution in [0.5, 0.6) is 0 Å². The van der Waals surface area contributed by atoms with Crippen LogP contribution in [-0.4, -0.2) is 17.9 Å². The van der Waals surface area contributed by atoms with Gasteiger partial charge in [0.25, 0.3) is 5.91 Å². The lowest BCUT2D eigenvalue weighted by molar-refractivity contribution is -0.387. The van der Waals surface area contributed by atoms with Crippen LogP contribution in [0.15, 0.2) is 18.2 Å². The second-order valence-corrected chi connectivity index (χ2v) is 2.47. The van der Waals surface area contributed by atoms with E-state index in [1.165, 1.54) is 19.2 Å². The van der Waals surface area contributed by atoms with E-state index in [9.17, 15) is 19.3 Å². The molecule has 0 bridgehead atoms. The topological polar surface area (TPSA) is 72.2 Å². The van der Waals surface area contributed by atoms with Gasteiger partial charge in [-0.1, -0.05) is 6.07 Å². The average molecular weight is 198 g/mol. The third-order valence-corrected chi connectivity index (χ3v) is 1.64. The molecule has 5 nitrogen and oxygen atoms in total. The van der Waals surface area contributed by atoms with E-state index in [1.807, 2.05) is 0 Å². The molecule has 74 valence electrons. The van der Waals surface area contributed by atoms with E-state index in [0.29, 0.717) is 0 Å². The average Bonchev–Trinajstić information content (AvgIpc) is 2.15. The number of halogens is 1. The van der Waals surface area contributed by atoms with Crippen LogP contribution in [0.25, 0.3) is 0 Å². The summed E-state index contributed by atoms with van der Waals surface area (Å²) in [5, 5.41) is 12.6. The summed E-state index contributed by atoms with van der Waals surface area (Å²) in [5.74, 6) is -1.70. The zero-order chi connectivity index (χ0) is 10.7. The first kappa shape index (κ1) is 10.1. The summed E-state index contributed by atoms with van der Waals surface area (Å²) in [7, 11) is 1.32. The van der Waals surface area contributed by atoms with Crippen LogP contribution in [0, 0.1) is 15.9 Å². The number of nitrogens with zero attached hydrogens (tertiary/aromatic N) is 1. The summed E-state index contributed by atoms with van der Waals surface area (Å²) in [6.07, 6.45) is 0. The zero-order valence-electron chi connectivity index (χ0n) is 7.28. The third-order valence-electron chi connectivity index (χ3n) is 1.64. The van der Waals surface area contributed by atoms with Gasteiger partial charge in [-0.05, 0) is 12.1 Å². The first-order chi connectivity index (χ1) is 6.57.